The maximum atomic E-state index is 12.3. The van der Waals surface area contributed by atoms with Gasteiger partial charge in [-0.1, -0.05) is 37.3 Å². The number of ketones is 1. The third-order valence-corrected chi connectivity index (χ3v) is 3.88. The first-order valence-corrected chi connectivity index (χ1v) is 7.83. The molecular formula is C19H19NO3. The van der Waals surface area contributed by atoms with Crippen LogP contribution >= 0.6 is 0 Å². The molecule has 0 aromatic heterocycles. The van der Waals surface area contributed by atoms with Gasteiger partial charge in [0.1, 0.15) is 5.75 Å². The second-order valence-electron chi connectivity index (χ2n) is 5.61. The summed E-state index contributed by atoms with van der Waals surface area (Å²) in [6, 6.07) is 15.1. The first kappa shape index (κ1) is 15.3. The van der Waals surface area contributed by atoms with Crippen LogP contribution in [0.5, 0.6) is 5.75 Å². The van der Waals surface area contributed by atoms with Gasteiger partial charge in [-0.25, -0.2) is 0 Å². The number of amides is 1. The molecule has 1 heterocycles. The zero-order valence-corrected chi connectivity index (χ0v) is 13.1. The number of carbonyl (C=O) groups excluding carboxylic acids is 2. The van der Waals surface area contributed by atoms with Gasteiger partial charge in [0.2, 0.25) is 0 Å². The fourth-order valence-electron chi connectivity index (χ4n) is 2.69. The summed E-state index contributed by atoms with van der Waals surface area (Å²) in [4.78, 5) is 26.1. The zero-order valence-electron chi connectivity index (χ0n) is 13.1. The molecule has 23 heavy (non-hydrogen) atoms. The Morgan fingerprint density at radius 3 is 2.70 bits per heavy atom. The largest absolute Gasteiger partial charge is 0.482 e. The van der Waals surface area contributed by atoms with Crippen LogP contribution < -0.4 is 9.64 Å². The van der Waals surface area contributed by atoms with E-state index in [4.69, 9.17) is 4.74 Å². The molecule has 1 aliphatic heterocycles. The predicted molar refractivity (Wildman–Crippen MR) is 88.8 cm³/mol. The maximum Gasteiger partial charge on any atom is 0.265 e. The molecule has 0 bridgehead atoms. The Morgan fingerprint density at radius 2 is 1.96 bits per heavy atom. The lowest BCUT2D eigenvalue weighted by atomic mass is 10.0. The summed E-state index contributed by atoms with van der Waals surface area (Å²) in [7, 11) is 0. The highest BCUT2D eigenvalue weighted by Crippen LogP contribution is 2.34. The van der Waals surface area contributed by atoms with Gasteiger partial charge in [-0.15, -0.1) is 0 Å². The third kappa shape index (κ3) is 3.26. The summed E-state index contributed by atoms with van der Waals surface area (Å²) < 4.78 is 5.50. The van der Waals surface area contributed by atoms with E-state index in [0.29, 0.717) is 30.0 Å². The van der Waals surface area contributed by atoms with Crippen molar-refractivity contribution in [1.29, 1.82) is 0 Å². The van der Waals surface area contributed by atoms with Gasteiger partial charge in [-0.2, -0.15) is 0 Å². The van der Waals surface area contributed by atoms with E-state index in [0.717, 1.165) is 12.0 Å². The van der Waals surface area contributed by atoms with Gasteiger partial charge in [0, 0.05) is 12.0 Å². The Morgan fingerprint density at radius 1 is 1.17 bits per heavy atom. The van der Waals surface area contributed by atoms with Crippen LogP contribution in [-0.4, -0.2) is 18.3 Å². The molecule has 0 spiro atoms. The van der Waals surface area contributed by atoms with Gasteiger partial charge in [-0.05, 0) is 30.2 Å². The van der Waals surface area contributed by atoms with Crippen molar-refractivity contribution in [3.63, 3.8) is 0 Å². The number of ether oxygens (including phenoxy) is 1. The van der Waals surface area contributed by atoms with Gasteiger partial charge in [0.15, 0.2) is 12.4 Å². The molecule has 4 heteroatoms. The zero-order chi connectivity index (χ0) is 16.2. The number of carbonyl (C=O) groups is 2. The van der Waals surface area contributed by atoms with Crippen LogP contribution in [0.1, 0.15) is 35.7 Å². The summed E-state index contributed by atoms with van der Waals surface area (Å²) in [5.41, 5.74) is 2.34. The average molecular weight is 309 g/mol. The third-order valence-electron chi connectivity index (χ3n) is 3.88. The fraction of sp³-hybridized carbons (Fsp3) is 0.263. The molecule has 1 amide bonds. The van der Waals surface area contributed by atoms with E-state index < -0.39 is 0 Å². The van der Waals surface area contributed by atoms with Gasteiger partial charge in [0.25, 0.3) is 5.91 Å². The van der Waals surface area contributed by atoms with Crippen molar-refractivity contribution < 1.29 is 14.3 Å². The number of rotatable bonds is 5. The van der Waals surface area contributed by atoms with Crippen LogP contribution in [0.15, 0.2) is 48.5 Å². The number of hydrogen-bond donors (Lipinski definition) is 0. The molecule has 0 aliphatic carbocycles. The van der Waals surface area contributed by atoms with E-state index in [2.05, 4.69) is 0 Å². The summed E-state index contributed by atoms with van der Waals surface area (Å²) in [6.45, 7) is 2.48. The molecule has 0 radical (unpaired) electrons. The molecule has 3 rings (SSSR count). The molecule has 2 aromatic rings. The summed E-state index contributed by atoms with van der Waals surface area (Å²) in [5, 5.41) is 0. The SMILES string of the molecule is CCCC(=O)c1ccc2c(c1)N(Cc1ccccc1)C(=O)CO2. The number of hydrogen-bond acceptors (Lipinski definition) is 3. The fourth-order valence-corrected chi connectivity index (χ4v) is 2.69. The first-order valence-electron chi connectivity index (χ1n) is 7.83. The molecular weight excluding hydrogens is 290 g/mol. The standard InChI is InChI=1S/C19H19NO3/c1-2-6-17(21)15-9-10-18-16(11-15)20(19(22)13-23-18)12-14-7-4-3-5-8-14/h3-5,7-11H,2,6,12-13H2,1H3. The number of anilines is 1. The second kappa shape index (κ2) is 6.65. The molecule has 0 atom stereocenters. The van der Waals surface area contributed by atoms with Crippen molar-refractivity contribution in [3.8, 4) is 5.75 Å². The maximum absolute atomic E-state index is 12.3. The molecule has 0 fully saturated rings. The Bertz CT molecular complexity index is 725. The van der Waals surface area contributed by atoms with Crippen molar-refractivity contribution in [2.45, 2.75) is 26.3 Å². The van der Waals surface area contributed by atoms with Crippen LogP contribution in [0.25, 0.3) is 0 Å². The highest BCUT2D eigenvalue weighted by Gasteiger charge is 2.26. The first-order chi connectivity index (χ1) is 11.2. The molecule has 0 unspecified atom stereocenters. The molecule has 0 saturated carbocycles. The Hall–Kier alpha value is -2.62. The van der Waals surface area contributed by atoms with Crippen LogP contribution in [0.4, 0.5) is 5.69 Å². The smallest absolute Gasteiger partial charge is 0.265 e. The second-order valence-corrected chi connectivity index (χ2v) is 5.61. The van der Waals surface area contributed by atoms with Gasteiger partial charge in [0.05, 0.1) is 12.2 Å². The normalized spacial score (nSPS) is 13.4. The van der Waals surface area contributed by atoms with Crippen LogP contribution in [0.3, 0.4) is 0 Å². The number of fused-ring (bicyclic) bond motifs is 1. The minimum absolute atomic E-state index is 0.0298. The number of benzene rings is 2. The van der Waals surface area contributed by atoms with Crippen LogP contribution in [-0.2, 0) is 11.3 Å². The van der Waals surface area contributed by atoms with Crippen molar-refractivity contribution in [2.75, 3.05) is 11.5 Å². The van der Waals surface area contributed by atoms with E-state index in [1.165, 1.54) is 0 Å². The van der Waals surface area contributed by atoms with Crippen molar-refractivity contribution in [1.82, 2.24) is 0 Å². The molecule has 0 N–H and O–H groups in total. The lowest BCUT2D eigenvalue weighted by Crippen LogP contribution is -2.38. The van der Waals surface area contributed by atoms with E-state index in [-0.39, 0.29) is 18.3 Å². The molecule has 118 valence electrons. The van der Waals surface area contributed by atoms with Gasteiger partial charge < -0.3 is 9.64 Å². The molecule has 0 saturated heterocycles. The van der Waals surface area contributed by atoms with E-state index >= 15 is 0 Å². The molecule has 1 aliphatic rings. The topological polar surface area (TPSA) is 46.6 Å². The van der Waals surface area contributed by atoms with E-state index in [9.17, 15) is 9.59 Å². The highest BCUT2D eigenvalue weighted by atomic mass is 16.5. The summed E-state index contributed by atoms with van der Waals surface area (Å²) in [5.74, 6) is 0.642. The number of nitrogens with zero attached hydrogens (tertiary/aromatic N) is 1. The quantitative estimate of drug-likeness (QED) is 0.793. The Balaban J connectivity index is 1.94. The van der Waals surface area contributed by atoms with E-state index in [1.807, 2.05) is 37.3 Å². The number of Topliss-reactive ketones (excluding diaryl/α,β-unsaturated/α-hetero) is 1. The van der Waals surface area contributed by atoms with Crippen molar-refractivity contribution >= 4 is 17.4 Å². The van der Waals surface area contributed by atoms with Gasteiger partial charge >= 0.3 is 0 Å². The average Bonchev–Trinajstić information content (AvgIpc) is 2.58. The van der Waals surface area contributed by atoms with Crippen molar-refractivity contribution in [2.24, 2.45) is 0 Å². The molecule has 4 nitrogen and oxygen atoms in total. The lowest BCUT2D eigenvalue weighted by molar-refractivity contribution is -0.121. The highest BCUT2D eigenvalue weighted by molar-refractivity contribution is 6.01. The molecule has 2 aromatic carbocycles. The van der Waals surface area contributed by atoms with Crippen LogP contribution in [0.2, 0.25) is 0 Å². The lowest BCUT2D eigenvalue weighted by Gasteiger charge is -2.29. The summed E-state index contributed by atoms with van der Waals surface area (Å²) >= 11 is 0. The van der Waals surface area contributed by atoms with E-state index in [1.54, 1.807) is 23.1 Å². The summed E-state index contributed by atoms with van der Waals surface area (Å²) in [6.07, 6.45) is 1.31. The minimum atomic E-state index is -0.0959. The minimum Gasteiger partial charge on any atom is -0.482 e. The Labute approximate surface area is 135 Å². The Kier molecular flexibility index (Phi) is 4.42. The van der Waals surface area contributed by atoms with Crippen molar-refractivity contribution in [3.05, 3.63) is 59.7 Å². The van der Waals surface area contributed by atoms with Crippen LogP contribution in [0, 0.1) is 0 Å². The van der Waals surface area contributed by atoms with Gasteiger partial charge in [-0.3, -0.25) is 9.59 Å². The monoisotopic (exact) mass is 309 g/mol. The predicted octanol–water partition coefficient (Wildman–Crippen LogP) is 3.60.